The van der Waals surface area contributed by atoms with Gasteiger partial charge in [-0.2, -0.15) is 0 Å². The molecule has 0 aromatic rings. The van der Waals surface area contributed by atoms with Crippen LogP contribution in [0, 0.1) is 0 Å². The lowest BCUT2D eigenvalue weighted by atomic mass is 10.0. The van der Waals surface area contributed by atoms with Crippen LogP contribution < -0.4 is 0 Å². The summed E-state index contributed by atoms with van der Waals surface area (Å²) in [7, 11) is 2.68. The van der Waals surface area contributed by atoms with Gasteiger partial charge in [-0.05, 0) is 0 Å². The average Bonchev–Trinajstić information content (AvgIpc) is 3.09. The second kappa shape index (κ2) is 11.0. The minimum absolute atomic E-state index is 0.426. The summed E-state index contributed by atoms with van der Waals surface area (Å²) >= 11 is 0. The minimum Gasteiger partial charge on any atom is -0.400 e. The van der Waals surface area contributed by atoms with Gasteiger partial charge >= 0.3 is 0 Å². The smallest absolute Gasteiger partial charge is 0.104 e. The number of hydrogen-bond acceptors (Lipinski definition) is 3. The fourth-order valence-electron chi connectivity index (χ4n) is 1.41. The first-order valence-electron chi connectivity index (χ1n) is 5.49. The van der Waals surface area contributed by atoms with E-state index in [1.807, 2.05) is 0 Å². The van der Waals surface area contributed by atoms with Gasteiger partial charge in [0.15, 0.2) is 0 Å². The van der Waals surface area contributed by atoms with E-state index in [4.69, 9.17) is 14.6 Å². The highest BCUT2D eigenvalue weighted by atomic mass is 16.6. The van der Waals surface area contributed by atoms with Crippen molar-refractivity contribution >= 4 is 0 Å². The molecule has 0 aromatic carbocycles. The molecule has 2 rings (SSSR count). The molecule has 1 aliphatic heterocycles. The molecule has 0 amide bonds. The van der Waals surface area contributed by atoms with E-state index in [0.29, 0.717) is 6.10 Å². The molecule has 1 heterocycles. The Balaban J connectivity index is 0.000000206. The topological polar surface area (TPSA) is 42.0 Å². The first-order valence-corrected chi connectivity index (χ1v) is 5.49. The summed E-state index contributed by atoms with van der Waals surface area (Å²) in [6.07, 6.45) is 9.43. The van der Waals surface area contributed by atoms with E-state index in [1.54, 1.807) is 7.11 Å². The Kier molecular flexibility index (Phi) is 10.9. The van der Waals surface area contributed by atoms with E-state index in [-0.39, 0.29) is 0 Å². The van der Waals surface area contributed by atoms with Crippen LogP contribution in [0.2, 0.25) is 0 Å². The van der Waals surface area contributed by atoms with Crippen molar-refractivity contribution in [2.45, 2.75) is 44.6 Å². The second-order valence-corrected chi connectivity index (χ2v) is 3.53. The van der Waals surface area contributed by atoms with Gasteiger partial charge in [-0.15, -0.1) is 0 Å². The Morgan fingerprint density at radius 3 is 1.57 bits per heavy atom. The van der Waals surface area contributed by atoms with Crippen LogP contribution in [0.1, 0.15) is 38.5 Å². The zero-order valence-corrected chi connectivity index (χ0v) is 9.50. The first kappa shape index (κ1) is 13.9. The highest BCUT2D eigenvalue weighted by Gasteiger charge is 2.21. The molecule has 0 spiro atoms. The SMILES string of the molecule is C1CCCCC1.CO.COCC1CO1. The maximum absolute atomic E-state index is 7.00. The molecule has 1 aliphatic carbocycles. The Morgan fingerprint density at radius 2 is 1.43 bits per heavy atom. The van der Waals surface area contributed by atoms with Crippen LogP contribution >= 0.6 is 0 Å². The lowest BCUT2D eigenvalue weighted by Gasteiger charge is -2.05. The van der Waals surface area contributed by atoms with Gasteiger partial charge in [-0.1, -0.05) is 38.5 Å². The molecule has 3 nitrogen and oxygen atoms in total. The predicted molar refractivity (Wildman–Crippen MR) is 57.5 cm³/mol. The zero-order valence-electron chi connectivity index (χ0n) is 9.50. The fraction of sp³-hybridized carbons (Fsp3) is 1.00. The van der Waals surface area contributed by atoms with Gasteiger partial charge in [0.1, 0.15) is 6.10 Å². The van der Waals surface area contributed by atoms with E-state index in [1.165, 1.54) is 38.5 Å². The third-order valence-corrected chi connectivity index (χ3v) is 2.25. The van der Waals surface area contributed by atoms with Crippen LogP contribution in [0.15, 0.2) is 0 Å². The highest BCUT2D eigenvalue weighted by Crippen LogP contribution is 2.15. The van der Waals surface area contributed by atoms with Crippen molar-refractivity contribution in [3.8, 4) is 0 Å². The molecular weight excluding hydrogens is 180 g/mol. The molecule has 86 valence electrons. The molecule has 1 saturated carbocycles. The number of aliphatic hydroxyl groups excluding tert-OH is 1. The Morgan fingerprint density at radius 1 is 1.07 bits per heavy atom. The summed E-state index contributed by atoms with van der Waals surface area (Å²) < 4.78 is 9.56. The summed E-state index contributed by atoms with van der Waals surface area (Å²) in [5, 5.41) is 7.00. The number of aliphatic hydroxyl groups is 1. The Hall–Kier alpha value is -0.120. The van der Waals surface area contributed by atoms with Gasteiger partial charge in [0.25, 0.3) is 0 Å². The normalized spacial score (nSPS) is 23.8. The quantitative estimate of drug-likeness (QED) is 0.699. The lowest BCUT2D eigenvalue weighted by Crippen LogP contribution is -1.94. The number of ether oxygens (including phenoxy) is 2. The molecule has 1 N–H and O–H groups in total. The summed E-state index contributed by atoms with van der Waals surface area (Å²) in [5.74, 6) is 0. The fourth-order valence-corrected chi connectivity index (χ4v) is 1.41. The average molecular weight is 204 g/mol. The largest absolute Gasteiger partial charge is 0.400 e. The van der Waals surface area contributed by atoms with E-state index in [2.05, 4.69) is 0 Å². The van der Waals surface area contributed by atoms with Crippen molar-refractivity contribution in [2.75, 3.05) is 27.4 Å². The lowest BCUT2D eigenvalue weighted by molar-refractivity contribution is 0.171. The molecule has 14 heavy (non-hydrogen) atoms. The van der Waals surface area contributed by atoms with Crippen LogP contribution in [0.4, 0.5) is 0 Å². The molecule has 2 aliphatic rings. The maximum Gasteiger partial charge on any atom is 0.104 e. The number of hydrogen-bond donors (Lipinski definition) is 1. The van der Waals surface area contributed by atoms with Gasteiger partial charge in [0.2, 0.25) is 0 Å². The van der Waals surface area contributed by atoms with Crippen molar-refractivity contribution in [1.29, 1.82) is 0 Å². The summed E-state index contributed by atoms with van der Waals surface area (Å²) in [5.41, 5.74) is 0. The van der Waals surface area contributed by atoms with Gasteiger partial charge in [-0.25, -0.2) is 0 Å². The van der Waals surface area contributed by atoms with Crippen molar-refractivity contribution < 1.29 is 14.6 Å². The van der Waals surface area contributed by atoms with Gasteiger partial charge in [0, 0.05) is 14.2 Å². The van der Waals surface area contributed by atoms with E-state index in [0.717, 1.165) is 20.3 Å². The second-order valence-electron chi connectivity index (χ2n) is 3.53. The van der Waals surface area contributed by atoms with Crippen LogP contribution in [0.5, 0.6) is 0 Å². The van der Waals surface area contributed by atoms with Crippen molar-refractivity contribution in [1.82, 2.24) is 0 Å². The van der Waals surface area contributed by atoms with Crippen LogP contribution in [0.25, 0.3) is 0 Å². The summed E-state index contributed by atoms with van der Waals surface area (Å²) in [4.78, 5) is 0. The number of methoxy groups -OCH3 is 1. The van der Waals surface area contributed by atoms with Gasteiger partial charge < -0.3 is 14.6 Å². The van der Waals surface area contributed by atoms with E-state index in [9.17, 15) is 0 Å². The molecule has 1 atom stereocenters. The Labute approximate surface area is 87.4 Å². The number of rotatable bonds is 2. The zero-order chi connectivity index (χ0) is 10.6. The Bertz CT molecular complexity index is 87.2. The molecule has 3 heteroatoms. The molecule has 0 aromatic heterocycles. The van der Waals surface area contributed by atoms with Gasteiger partial charge in [0.05, 0.1) is 13.2 Å². The van der Waals surface area contributed by atoms with Crippen LogP contribution in [0.3, 0.4) is 0 Å². The third-order valence-electron chi connectivity index (χ3n) is 2.25. The standard InChI is InChI=1S/C6H12.C4H8O2.CH4O/c1-2-4-6-5-3-1;1-5-2-4-3-6-4;1-2/h1-6H2;4H,2-3H2,1H3;2H,1H3. The molecule has 2 fully saturated rings. The molecular formula is C11H24O3. The van der Waals surface area contributed by atoms with Crippen molar-refractivity contribution in [3.63, 3.8) is 0 Å². The molecule has 0 bridgehead atoms. The number of epoxide rings is 1. The summed E-state index contributed by atoms with van der Waals surface area (Å²) in [6.45, 7) is 1.66. The van der Waals surface area contributed by atoms with Crippen molar-refractivity contribution in [2.24, 2.45) is 0 Å². The molecule has 1 unspecified atom stereocenters. The van der Waals surface area contributed by atoms with Crippen LogP contribution in [-0.2, 0) is 9.47 Å². The molecule has 1 saturated heterocycles. The predicted octanol–water partition coefficient (Wildman–Crippen LogP) is 1.98. The van der Waals surface area contributed by atoms with E-state index >= 15 is 0 Å². The van der Waals surface area contributed by atoms with E-state index < -0.39 is 0 Å². The summed E-state index contributed by atoms with van der Waals surface area (Å²) in [6, 6.07) is 0. The maximum atomic E-state index is 7.00. The first-order chi connectivity index (χ1) is 6.93. The van der Waals surface area contributed by atoms with Crippen molar-refractivity contribution in [3.05, 3.63) is 0 Å². The molecule has 0 radical (unpaired) electrons. The van der Waals surface area contributed by atoms with Crippen LogP contribution in [-0.4, -0.2) is 38.6 Å². The minimum atomic E-state index is 0.426. The third kappa shape index (κ3) is 9.96. The monoisotopic (exact) mass is 204 g/mol. The van der Waals surface area contributed by atoms with Gasteiger partial charge in [-0.3, -0.25) is 0 Å². The highest BCUT2D eigenvalue weighted by molar-refractivity contribution is 4.66.